The van der Waals surface area contributed by atoms with E-state index in [1.807, 2.05) is 0 Å². The maximum Gasteiger partial charge on any atom is 0.226 e. The van der Waals surface area contributed by atoms with Crippen LogP contribution in [0.15, 0.2) is 6.33 Å². The molecule has 5 N–H and O–H groups in total. The highest BCUT2D eigenvalue weighted by Crippen LogP contribution is 2.32. The van der Waals surface area contributed by atoms with Crippen LogP contribution < -0.4 is 5.73 Å². The molecule has 10 heteroatoms. The smallest absolute Gasteiger partial charge is 0.226 e. The Morgan fingerprint density at radius 3 is 2.75 bits per heavy atom. The van der Waals surface area contributed by atoms with Crippen LogP contribution in [0.3, 0.4) is 0 Å². The fourth-order valence-electron chi connectivity index (χ4n) is 2.21. The van der Waals surface area contributed by atoms with Gasteiger partial charge in [-0.15, -0.1) is 0 Å². The highest BCUT2D eigenvalue weighted by Gasteiger charge is 2.44. The largest absolute Gasteiger partial charge is 0.394 e. The van der Waals surface area contributed by atoms with Gasteiger partial charge in [-0.05, 0) is 11.6 Å². The van der Waals surface area contributed by atoms with E-state index in [2.05, 4.69) is 15.0 Å². The number of nitrogens with zero attached hydrogens (tertiary/aromatic N) is 4. The van der Waals surface area contributed by atoms with Crippen LogP contribution in [-0.2, 0) is 4.74 Å². The molecule has 2 aromatic rings. The molecule has 2 aromatic heterocycles. The highest BCUT2D eigenvalue weighted by atomic mass is 35.5. The van der Waals surface area contributed by atoms with Crippen LogP contribution in [-0.4, -0.2) is 59.8 Å². The Balaban J connectivity index is 2.07. The number of ether oxygens (including phenoxy) is 1. The molecule has 0 unspecified atom stereocenters. The van der Waals surface area contributed by atoms with Crippen molar-refractivity contribution >= 4 is 28.6 Å². The maximum atomic E-state index is 9.99. The number of rotatable bonds is 2. The van der Waals surface area contributed by atoms with Crippen molar-refractivity contribution in [1.29, 1.82) is 0 Å². The van der Waals surface area contributed by atoms with Gasteiger partial charge in [0.05, 0.1) is 12.9 Å². The molecule has 0 aromatic carbocycles. The van der Waals surface area contributed by atoms with E-state index < -0.39 is 31.1 Å². The summed E-state index contributed by atoms with van der Waals surface area (Å²) in [4.78, 5) is 11.8. The number of aliphatic hydroxyl groups is 3. The van der Waals surface area contributed by atoms with Crippen molar-refractivity contribution in [2.24, 2.45) is 0 Å². The minimum Gasteiger partial charge on any atom is -0.394 e. The molecule has 3 heterocycles. The second-order valence-electron chi connectivity index (χ2n) is 4.43. The first kappa shape index (κ1) is 13.5. The summed E-state index contributed by atoms with van der Waals surface area (Å²) in [7, 11) is 0. The molecule has 1 aliphatic heterocycles. The van der Waals surface area contributed by atoms with Gasteiger partial charge in [0, 0.05) is 0 Å². The van der Waals surface area contributed by atoms with E-state index in [0.29, 0.717) is 5.52 Å². The minimum absolute atomic E-state index is 0.0662. The number of fused-ring (bicyclic) bond motifs is 1. The van der Waals surface area contributed by atoms with Crippen LogP contribution in [0.1, 0.15) is 6.23 Å². The first-order valence-corrected chi connectivity index (χ1v) is 6.18. The van der Waals surface area contributed by atoms with Gasteiger partial charge in [-0.2, -0.15) is 9.97 Å². The summed E-state index contributed by atoms with van der Waals surface area (Å²) in [5.41, 5.74) is 6.27. The Kier molecular flexibility index (Phi) is 3.22. The van der Waals surface area contributed by atoms with Crippen molar-refractivity contribution in [2.45, 2.75) is 24.5 Å². The molecular formula is C10H12ClN5O4. The van der Waals surface area contributed by atoms with Crippen LogP contribution in [0.5, 0.6) is 0 Å². The number of aliphatic hydroxyl groups excluding tert-OH is 3. The summed E-state index contributed by atoms with van der Waals surface area (Å²) in [6, 6.07) is 0. The van der Waals surface area contributed by atoms with Crippen LogP contribution in [0, 0.1) is 0 Å². The number of hydrogen-bond donors (Lipinski definition) is 4. The molecule has 0 aliphatic carbocycles. The molecule has 0 amide bonds. The summed E-state index contributed by atoms with van der Waals surface area (Å²) < 4.78 is 6.79. The second-order valence-corrected chi connectivity index (χ2v) is 4.77. The number of nitrogen functional groups attached to an aromatic ring is 1. The predicted octanol–water partition coefficient (Wildman–Crippen LogP) is -1.33. The Labute approximate surface area is 117 Å². The van der Waals surface area contributed by atoms with Crippen LogP contribution in [0.25, 0.3) is 11.2 Å². The van der Waals surface area contributed by atoms with Gasteiger partial charge in [-0.3, -0.25) is 4.57 Å². The van der Waals surface area contributed by atoms with E-state index in [1.54, 1.807) is 0 Å². The van der Waals surface area contributed by atoms with Gasteiger partial charge < -0.3 is 25.8 Å². The third kappa shape index (κ3) is 1.91. The lowest BCUT2D eigenvalue weighted by Gasteiger charge is -2.16. The van der Waals surface area contributed by atoms with Crippen molar-refractivity contribution in [3.05, 3.63) is 11.6 Å². The SMILES string of the molecule is Nc1nc(Cl)nc2c1ncn2[C@@H]1O[C@H](CO)[C@H](O)[C@@H]1O. The van der Waals surface area contributed by atoms with E-state index in [0.717, 1.165) is 0 Å². The fourth-order valence-corrected chi connectivity index (χ4v) is 2.38. The molecule has 108 valence electrons. The van der Waals surface area contributed by atoms with E-state index in [-0.39, 0.29) is 16.7 Å². The topological polar surface area (TPSA) is 140 Å². The number of hydrogen-bond acceptors (Lipinski definition) is 8. The van der Waals surface area contributed by atoms with Crippen molar-refractivity contribution in [2.75, 3.05) is 12.3 Å². The van der Waals surface area contributed by atoms with Crippen molar-refractivity contribution in [3.8, 4) is 0 Å². The van der Waals surface area contributed by atoms with Crippen molar-refractivity contribution < 1.29 is 20.1 Å². The number of anilines is 1. The molecule has 0 spiro atoms. The Morgan fingerprint density at radius 1 is 1.35 bits per heavy atom. The molecule has 1 saturated heterocycles. The molecule has 1 aliphatic rings. The van der Waals surface area contributed by atoms with Crippen molar-refractivity contribution in [1.82, 2.24) is 19.5 Å². The van der Waals surface area contributed by atoms with E-state index >= 15 is 0 Å². The molecule has 9 nitrogen and oxygen atoms in total. The summed E-state index contributed by atoms with van der Waals surface area (Å²) in [5, 5.41) is 28.8. The Morgan fingerprint density at radius 2 is 2.10 bits per heavy atom. The van der Waals surface area contributed by atoms with Gasteiger partial charge in [-0.1, -0.05) is 0 Å². The van der Waals surface area contributed by atoms with Crippen LogP contribution >= 0.6 is 11.6 Å². The quantitative estimate of drug-likeness (QED) is 0.500. The van der Waals surface area contributed by atoms with Gasteiger partial charge in [0.25, 0.3) is 0 Å². The average Bonchev–Trinajstić information content (AvgIpc) is 2.93. The second kappa shape index (κ2) is 4.79. The van der Waals surface area contributed by atoms with Crippen LogP contribution in [0.2, 0.25) is 5.28 Å². The van der Waals surface area contributed by atoms with Gasteiger partial charge in [-0.25, -0.2) is 4.98 Å². The first-order chi connectivity index (χ1) is 9.52. The van der Waals surface area contributed by atoms with Gasteiger partial charge in [0.15, 0.2) is 17.7 Å². The monoisotopic (exact) mass is 301 g/mol. The summed E-state index contributed by atoms with van der Waals surface area (Å²) in [5.74, 6) is 0.102. The van der Waals surface area contributed by atoms with E-state index in [1.165, 1.54) is 10.9 Å². The zero-order valence-electron chi connectivity index (χ0n) is 10.1. The third-order valence-electron chi connectivity index (χ3n) is 3.21. The Bertz CT molecular complexity index is 650. The lowest BCUT2D eigenvalue weighted by molar-refractivity contribution is -0.0511. The Hall–Kier alpha value is -1.52. The zero-order chi connectivity index (χ0) is 14.4. The molecule has 4 atom stereocenters. The molecule has 3 rings (SSSR count). The fraction of sp³-hybridized carbons (Fsp3) is 0.500. The summed E-state index contributed by atoms with van der Waals surface area (Å²) in [6.45, 7) is -0.417. The van der Waals surface area contributed by atoms with E-state index in [9.17, 15) is 10.2 Å². The predicted molar refractivity (Wildman–Crippen MR) is 67.8 cm³/mol. The lowest BCUT2D eigenvalue weighted by atomic mass is 10.1. The highest BCUT2D eigenvalue weighted by molar-refractivity contribution is 6.28. The minimum atomic E-state index is -1.24. The number of halogens is 1. The molecule has 0 radical (unpaired) electrons. The van der Waals surface area contributed by atoms with Gasteiger partial charge in [0.1, 0.15) is 23.8 Å². The first-order valence-electron chi connectivity index (χ1n) is 5.81. The lowest BCUT2D eigenvalue weighted by Crippen LogP contribution is -2.33. The van der Waals surface area contributed by atoms with E-state index in [4.69, 9.17) is 27.2 Å². The summed E-state index contributed by atoms with van der Waals surface area (Å²) >= 11 is 5.74. The maximum absolute atomic E-state index is 9.99. The number of nitrogens with two attached hydrogens (primary N) is 1. The number of aromatic nitrogens is 4. The molecule has 20 heavy (non-hydrogen) atoms. The summed E-state index contributed by atoms with van der Waals surface area (Å²) in [6.07, 6.45) is -2.93. The molecule has 0 saturated carbocycles. The molecule has 1 fully saturated rings. The molecular weight excluding hydrogens is 290 g/mol. The van der Waals surface area contributed by atoms with Crippen LogP contribution in [0.4, 0.5) is 5.82 Å². The normalized spacial score (nSPS) is 30.2. The van der Waals surface area contributed by atoms with Gasteiger partial charge in [0.2, 0.25) is 5.28 Å². The number of imidazole rings is 1. The van der Waals surface area contributed by atoms with Crippen molar-refractivity contribution in [3.63, 3.8) is 0 Å². The van der Waals surface area contributed by atoms with Gasteiger partial charge >= 0.3 is 0 Å². The third-order valence-corrected chi connectivity index (χ3v) is 3.38. The standard InChI is InChI=1S/C10H12ClN5O4/c11-10-14-7(12)4-8(15-10)16(2-13-4)9-6(19)5(18)3(1-17)20-9/h2-3,5-6,9,17-19H,1H2,(H2,12,14,15)/t3-,5+,6+,9-/m1/s1. The zero-order valence-corrected chi connectivity index (χ0v) is 10.8. The average molecular weight is 302 g/mol. The molecule has 0 bridgehead atoms.